The van der Waals surface area contributed by atoms with E-state index in [4.69, 9.17) is 14.2 Å². The second-order valence-corrected chi connectivity index (χ2v) is 6.42. The minimum atomic E-state index is 0.0685. The lowest BCUT2D eigenvalue weighted by Crippen LogP contribution is -2.31. The van der Waals surface area contributed by atoms with E-state index in [1.54, 1.807) is 33.5 Å². The smallest absolute Gasteiger partial charge is 0.293 e. The second kappa shape index (κ2) is 6.82. The Labute approximate surface area is 162 Å². The predicted octanol–water partition coefficient (Wildman–Crippen LogP) is 2.91. The van der Waals surface area contributed by atoms with Crippen molar-refractivity contribution in [2.75, 3.05) is 21.3 Å². The van der Waals surface area contributed by atoms with Crippen molar-refractivity contribution in [3.8, 4) is 46.0 Å². The highest BCUT2D eigenvalue weighted by Crippen LogP contribution is 2.41. The Kier molecular flexibility index (Phi) is 4.32. The molecule has 4 rings (SSSR count). The molecule has 0 radical (unpaired) electrons. The lowest BCUT2D eigenvalue weighted by atomic mass is 9.96. The van der Waals surface area contributed by atoms with Crippen molar-refractivity contribution in [3.05, 3.63) is 52.9 Å². The third-order valence-corrected chi connectivity index (χ3v) is 5.07. The fraction of sp³-hybridized carbons (Fsp3) is 0.238. The average Bonchev–Trinajstić information content (AvgIpc) is 3.04. The Morgan fingerprint density at radius 3 is 2.32 bits per heavy atom. The number of imidazole rings is 1. The molecule has 0 spiro atoms. The van der Waals surface area contributed by atoms with E-state index in [0.29, 0.717) is 46.5 Å². The first kappa shape index (κ1) is 17.7. The lowest BCUT2D eigenvalue weighted by Gasteiger charge is -2.18. The largest absolute Gasteiger partial charge is 0.710 e. The fourth-order valence-electron chi connectivity index (χ4n) is 3.73. The number of methoxy groups -OCH3 is 3. The molecule has 28 heavy (non-hydrogen) atoms. The van der Waals surface area contributed by atoms with Crippen LogP contribution < -0.4 is 18.9 Å². The highest BCUT2D eigenvalue weighted by molar-refractivity contribution is 5.75. The molecule has 1 aliphatic rings. The number of nitrogens with zero attached hydrogens (tertiary/aromatic N) is 3. The number of hydrogen-bond acceptors (Lipinski definition) is 5. The Morgan fingerprint density at radius 2 is 1.71 bits per heavy atom. The average molecular weight is 377 g/mol. The molecule has 2 aromatic carbocycles. The monoisotopic (exact) mass is 377 g/mol. The Balaban J connectivity index is 1.97. The summed E-state index contributed by atoms with van der Waals surface area (Å²) in [5.41, 5.74) is 3.22. The number of ether oxygens (including phenoxy) is 3. The normalized spacial score (nSPS) is 11.9. The zero-order valence-electron chi connectivity index (χ0n) is 15.9. The summed E-state index contributed by atoms with van der Waals surface area (Å²) in [5.74, 6) is 2.33. The van der Waals surface area contributed by atoms with Crippen LogP contribution in [0.3, 0.4) is 0 Å². The number of rotatable bonds is 4. The van der Waals surface area contributed by atoms with Crippen molar-refractivity contribution in [1.29, 1.82) is 5.26 Å². The predicted molar refractivity (Wildman–Crippen MR) is 102 cm³/mol. The van der Waals surface area contributed by atoms with E-state index in [2.05, 4.69) is 6.07 Å². The maximum absolute atomic E-state index is 13.0. The number of fused-ring (bicyclic) bond motifs is 3. The minimum Gasteiger partial charge on any atom is -0.710 e. The number of benzene rings is 2. The minimum absolute atomic E-state index is 0.0685. The summed E-state index contributed by atoms with van der Waals surface area (Å²) < 4.78 is 18.6. The molecular weight excluding hydrogens is 358 g/mol. The molecule has 7 nitrogen and oxygen atoms in total. The van der Waals surface area contributed by atoms with Crippen LogP contribution >= 0.6 is 0 Å². The van der Waals surface area contributed by atoms with Crippen molar-refractivity contribution in [2.45, 2.75) is 13.0 Å². The first-order valence-corrected chi connectivity index (χ1v) is 8.78. The summed E-state index contributed by atoms with van der Waals surface area (Å²) >= 11 is 0. The van der Waals surface area contributed by atoms with E-state index in [-0.39, 0.29) is 5.69 Å². The molecule has 142 valence electrons. The standard InChI is InChI=1S/C21H19N3O4/c1-26-15-6-4-13(5-7-15)21-23-9-8-14-10-18(27-2)19(28-3)11-16(14)20(23)17(12-22)24(21)25/h4-7,10-11H,8-9H2,1-3H3. The SMILES string of the molecule is COc1ccc(-c2n3c(c(C#N)[n+]2[O-])-c2cc(OC)c(OC)cc2CC3)cc1. The molecule has 7 heteroatoms. The number of nitriles is 1. The molecule has 0 amide bonds. The quantitative estimate of drug-likeness (QED) is 0.516. The first-order valence-electron chi connectivity index (χ1n) is 8.78. The zero-order valence-corrected chi connectivity index (χ0v) is 15.9. The van der Waals surface area contributed by atoms with E-state index in [1.165, 1.54) is 0 Å². The van der Waals surface area contributed by atoms with Gasteiger partial charge in [-0.1, -0.05) is 0 Å². The van der Waals surface area contributed by atoms with Crippen LogP contribution in [0, 0.1) is 16.5 Å². The van der Waals surface area contributed by atoms with Gasteiger partial charge in [0.2, 0.25) is 0 Å². The lowest BCUT2D eigenvalue weighted by molar-refractivity contribution is -0.595. The molecule has 0 fully saturated rings. The van der Waals surface area contributed by atoms with E-state index >= 15 is 0 Å². The van der Waals surface area contributed by atoms with E-state index in [9.17, 15) is 10.5 Å². The summed E-state index contributed by atoms with van der Waals surface area (Å²) in [7, 11) is 4.74. The van der Waals surface area contributed by atoms with Crippen LogP contribution in [0.5, 0.6) is 17.2 Å². The molecule has 0 aliphatic carbocycles. The van der Waals surface area contributed by atoms with Gasteiger partial charge in [-0.2, -0.15) is 5.26 Å². The molecule has 0 bridgehead atoms. The third kappa shape index (κ3) is 2.54. The molecule has 0 saturated heterocycles. The van der Waals surface area contributed by atoms with Crippen LogP contribution in [-0.4, -0.2) is 25.9 Å². The van der Waals surface area contributed by atoms with Crippen molar-refractivity contribution in [2.24, 2.45) is 0 Å². The molecule has 2 heterocycles. The summed E-state index contributed by atoms with van der Waals surface area (Å²) in [6, 6.07) is 13.1. The fourth-order valence-corrected chi connectivity index (χ4v) is 3.73. The second-order valence-electron chi connectivity index (χ2n) is 6.42. The highest BCUT2D eigenvalue weighted by atomic mass is 16.5. The molecule has 0 unspecified atom stereocenters. The van der Waals surface area contributed by atoms with Gasteiger partial charge in [0.15, 0.2) is 17.2 Å². The number of aryl methyl sites for hydroxylation is 1. The molecule has 0 N–H and O–H groups in total. The molecular formula is C21H19N3O4. The number of hydrogen-bond donors (Lipinski definition) is 0. The molecule has 3 aromatic rings. The highest BCUT2D eigenvalue weighted by Gasteiger charge is 2.34. The van der Waals surface area contributed by atoms with Gasteiger partial charge in [0, 0.05) is 12.0 Å². The van der Waals surface area contributed by atoms with Crippen LogP contribution in [0.1, 0.15) is 11.3 Å². The van der Waals surface area contributed by atoms with Crippen LogP contribution in [0.25, 0.3) is 22.6 Å². The summed E-state index contributed by atoms with van der Waals surface area (Å²) in [5, 5.41) is 22.7. The van der Waals surface area contributed by atoms with Gasteiger partial charge in [0.25, 0.3) is 11.5 Å². The van der Waals surface area contributed by atoms with Gasteiger partial charge < -0.3 is 19.4 Å². The van der Waals surface area contributed by atoms with Crippen LogP contribution in [0.2, 0.25) is 0 Å². The molecule has 1 aromatic heterocycles. The van der Waals surface area contributed by atoms with E-state index < -0.39 is 0 Å². The van der Waals surface area contributed by atoms with Gasteiger partial charge in [0.05, 0.1) is 33.4 Å². The van der Waals surface area contributed by atoms with E-state index in [1.807, 2.05) is 28.8 Å². The topological polar surface area (TPSA) is 83.4 Å². The summed E-state index contributed by atoms with van der Waals surface area (Å²) in [6.07, 6.45) is 0.714. The van der Waals surface area contributed by atoms with Gasteiger partial charge >= 0.3 is 0 Å². The van der Waals surface area contributed by atoms with Gasteiger partial charge in [0.1, 0.15) is 11.8 Å². The maximum Gasteiger partial charge on any atom is 0.293 e. The maximum atomic E-state index is 13.0. The van der Waals surface area contributed by atoms with Crippen LogP contribution in [0.15, 0.2) is 36.4 Å². The summed E-state index contributed by atoms with van der Waals surface area (Å²) in [4.78, 5) is 0. The van der Waals surface area contributed by atoms with Gasteiger partial charge in [-0.3, -0.25) is 0 Å². The molecule has 0 saturated carbocycles. The third-order valence-electron chi connectivity index (χ3n) is 5.07. The first-order chi connectivity index (χ1) is 13.6. The van der Waals surface area contributed by atoms with Gasteiger partial charge in [-0.25, -0.2) is 9.30 Å². The Bertz CT molecular complexity index is 1090. The van der Waals surface area contributed by atoms with E-state index in [0.717, 1.165) is 16.7 Å². The van der Waals surface area contributed by atoms with Crippen molar-refractivity contribution < 1.29 is 18.9 Å². The Morgan fingerprint density at radius 1 is 1.04 bits per heavy atom. The van der Waals surface area contributed by atoms with Gasteiger partial charge in [-0.15, -0.1) is 0 Å². The molecule has 0 atom stereocenters. The Hall–Kier alpha value is -3.66. The van der Waals surface area contributed by atoms with Crippen LogP contribution in [0.4, 0.5) is 0 Å². The number of aromatic nitrogens is 2. The zero-order chi connectivity index (χ0) is 19.8. The van der Waals surface area contributed by atoms with Gasteiger partial charge in [-0.05, 0) is 42.0 Å². The molecule has 1 aliphatic heterocycles. The summed E-state index contributed by atoms with van der Waals surface area (Å²) in [6.45, 7) is 0.586. The van der Waals surface area contributed by atoms with Crippen molar-refractivity contribution >= 4 is 0 Å². The van der Waals surface area contributed by atoms with Crippen LogP contribution in [-0.2, 0) is 13.0 Å². The van der Waals surface area contributed by atoms with Crippen molar-refractivity contribution in [1.82, 2.24) is 4.57 Å². The van der Waals surface area contributed by atoms with Crippen molar-refractivity contribution in [3.63, 3.8) is 0 Å².